The van der Waals surface area contributed by atoms with Gasteiger partial charge in [0.25, 0.3) is 5.56 Å². The Morgan fingerprint density at radius 3 is 2.81 bits per heavy atom. The molecular weight excluding hydrogens is 281 g/mol. The van der Waals surface area contributed by atoms with E-state index in [0.29, 0.717) is 0 Å². The molecule has 0 bridgehead atoms. The summed E-state index contributed by atoms with van der Waals surface area (Å²) < 4.78 is 18.9. The van der Waals surface area contributed by atoms with Crippen LogP contribution in [0, 0.1) is 0 Å². The predicted molar refractivity (Wildman–Crippen MR) is 70.9 cm³/mol. The second kappa shape index (κ2) is 5.87. The highest BCUT2D eigenvalue weighted by Crippen LogP contribution is 2.28. The number of hydrogen-bond acceptors (Lipinski definition) is 5. The molecule has 2 heterocycles. The molecule has 0 spiro atoms. The number of nitrogens with zero attached hydrogens (tertiary/aromatic N) is 1. The minimum absolute atomic E-state index is 0.0523. The zero-order valence-electron chi connectivity index (χ0n) is 11.6. The number of ketones is 1. The number of carbonyl (C=O) groups excluding carboxylic acids is 2. The van der Waals surface area contributed by atoms with Crippen molar-refractivity contribution in [3.05, 3.63) is 33.2 Å². The first kappa shape index (κ1) is 15.5. The minimum atomic E-state index is -2.14. The van der Waals surface area contributed by atoms with Gasteiger partial charge < -0.3 is 14.4 Å². The van der Waals surface area contributed by atoms with E-state index in [1.54, 1.807) is 0 Å². The number of ether oxygens (including phenoxy) is 1. The average Bonchev–Trinajstić information content (AvgIpc) is 2.84. The SMILES string of the molecule is COCc1c([C@](O)(C=O)CCF)cc2n(c1=O)CCC2=O. The lowest BCUT2D eigenvalue weighted by molar-refractivity contribution is -0.126. The van der Waals surface area contributed by atoms with Gasteiger partial charge in [0.15, 0.2) is 12.1 Å². The van der Waals surface area contributed by atoms with Crippen molar-refractivity contribution >= 4 is 12.1 Å². The van der Waals surface area contributed by atoms with Crippen molar-refractivity contribution in [3.63, 3.8) is 0 Å². The smallest absolute Gasteiger partial charge is 0.257 e. The highest BCUT2D eigenvalue weighted by atomic mass is 19.1. The zero-order chi connectivity index (χ0) is 15.6. The van der Waals surface area contributed by atoms with Crippen molar-refractivity contribution in [2.45, 2.75) is 31.6 Å². The Bertz CT molecular complexity index is 639. The van der Waals surface area contributed by atoms with Gasteiger partial charge >= 0.3 is 0 Å². The third-order valence-electron chi connectivity index (χ3n) is 3.67. The summed E-state index contributed by atoms with van der Waals surface area (Å²) in [6.07, 6.45) is -0.102. The quantitative estimate of drug-likeness (QED) is 0.765. The van der Waals surface area contributed by atoms with Crippen molar-refractivity contribution in [1.82, 2.24) is 4.57 Å². The van der Waals surface area contributed by atoms with E-state index in [1.807, 2.05) is 0 Å². The van der Waals surface area contributed by atoms with E-state index in [-0.39, 0.29) is 48.5 Å². The molecule has 7 heteroatoms. The van der Waals surface area contributed by atoms with Crippen LogP contribution in [-0.2, 0) is 28.3 Å². The van der Waals surface area contributed by atoms with Crippen LogP contribution in [0.2, 0.25) is 0 Å². The van der Waals surface area contributed by atoms with E-state index in [2.05, 4.69) is 0 Å². The fourth-order valence-electron chi connectivity index (χ4n) is 2.55. The van der Waals surface area contributed by atoms with E-state index in [4.69, 9.17) is 4.74 Å². The summed E-state index contributed by atoms with van der Waals surface area (Å²) in [4.78, 5) is 35.4. The largest absolute Gasteiger partial charge is 0.380 e. The van der Waals surface area contributed by atoms with Crippen LogP contribution in [0.25, 0.3) is 0 Å². The molecule has 0 unspecified atom stereocenters. The maximum absolute atomic E-state index is 12.6. The maximum Gasteiger partial charge on any atom is 0.257 e. The first-order valence-electron chi connectivity index (χ1n) is 6.52. The average molecular weight is 297 g/mol. The van der Waals surface area contributed by atoms with Crippen LogP contribution in [0.3, 0.4) is 0 Å². The lowest BCUT2D eigenvalue weighted by Crippen LogP contribution is -2.35. The molecule has 1 aromatic heterocycles. The van der Waals surface area contributed by atoms with Crippen LogP contribution in [0.15, 0.2) is 10.9 Å². The van der Waals surface area contributed by atoms with Crippen LogP contribution >= 0.6 is 0 Å². The van der Waals surface area contributed by atoms with Gasteiger partial charge in [-0.05, 0) is 6.07 Å². The lowest BCUT2D eigenvalue weighted by atomic mass is 9.88. The monoisotopic (exact) mass is 297 g/mol. The van der Waals surface area contributed by atoms with Crippen LogP contribution in [0.4, 0.5) is 4.39 Å². The molecule has 2 rings (SSSR count). The Morgan fingerprint density at radius 2 is 2.24 bits per heavy atom. The Labute approximate surface area is 120 Å². The molecular formula is C14H16FNO5. The fourth-order valence-corrected chi connectivity index (χ4v) is 2.55. The third-order valence-corrected chi connectivity index (χ3v) is 3.67. The van der Waals surface area contributed by atoms with Crippen LogP contribution in [0.5, 0.6) is 0 Å². The van der Waals surface area contributed by atoms with Crippen molar-refractivity contribution in [2.75, 3.05) is 13.8 Å². The Morgan fingerprint density at radius 1 is 1.52 bits per heavy atom. The van der Waals surface area contributed by atoms with Crippen LogP contribution in [0.1, 0.15) is 34.5 Å². The van der Waals surface area contributed by atoms with Crippen molar-refractivity contribution < 1.29 is 23.8 Å². The summed E-state index contributed by atoms with van der Waals surface area (Å²) >= 11 is 0. The number of aliphatic hydroxyl groups is 1. The van der Waals surface area contributed by atoms with Crippen LogP contribution < -0.4 is 5.56 Å². The Balaban J connectivity index is 2.72. The van der Waals surface area contributed by atoms with E-state index in [0.717, 1.165) is 0 Å². The van der Waals surface area contributed by atoms with Crippen molar-refractivity contribution in [3.8, 4) is 0 Å². The molecule has 1 aliphatic rings. The van der Waals surface area contributed by atoms with Gasteiger partial charge in [0.1, 0.15) is 5.60 Å². The molecule has 21 heavy (non-hydrogen) atoms. The predicted octanol–water partition coefficient (Wildman–Crippen LogP) is 0.327. The summed E-state index contributed by atoms with van der Waals surface area (Å²) in [7, 11) is 1.36. The normalized spacial score (nSPS) is 16.6. The molecule has 6 nitrogen and oxygen atoms in total. The van der Waals surface area contributed by atoms with E-state index < -0.39 is 24.3 Å². The highest BCUT2D eigenvalue weighted by molar-refractivity contribution is 5.96. The number of hydrogen-bond donors (Lipinski definition) is 1. The van der Waals surface area contributed by atoms with Gasteiger partial charge in [-0.3, -0.25) is 18.8 Å². The molecule has 1 aliphatic heterocycles. The number of Topliss-reactive ketones (excluding diaryl/α,β-unsaturated/α-hetero) is 1. The van der Waals surface area contributed by atoms with Gasteiger partial charge in [-0.1, -0.05) is 0 Å². The molecule has 0 saturated heterocycles. The summed E-state index contributed by atoms with van der Waals surface area (Å²) in [5, 5.41) is 10.3. The van der Waals surface area contributed by atoms with Crippen molar-refractivity contribution in [1.29, 1.82) is 0 Å². The summed E-state index contributed by atoms with van der Waals surface area (Å²) in [6, 6.07) is 1.30. The van der Waals surface area contributed by atoms with Gasteiger partial charge in [0.2, 0.25) is 0 Å². The van der Waals surface area contributed by atoms with Gasteiger partial charge in [0.05, 0.1) is 19.0 Å². The molecule has 1 aromatic rings. The number of rotatable bonds is 6. The standard InChI is InChI=1S/C14H16FNO5/c1-21-7-9-10(14(20,8-17)3-4-15)6-11-12(18)2-5-16(11)13(9)19/h6,8,20H,2-5,7H2,1H3/t14-/m1/s1. The molecule has 0 amide bonds. The molecule has 0 aliphatic carbocycles. The summed E-state index contributed by atoms with van der Waals surface area (Å²) in [6.45, 7) is -0.814. The Kier molecular flexibility index (Phi) is 4.34. The zero-order valence-corrected chi connectivity index (χ0v) is 11.6. The molecule has 0 saturated carbocycles. The number of fused-ring (bicyclic) bond motifs is 1. The number of pyridine rings is 1. The number of aldehydes is 1. The number of halogens is 1. The van der Waals surface area contributed by atoms with Crippen molar-refractivity contribution in [2.24, 2.45) is 0 Å². The first-order chi connectivity index (χ1) is 9.98. The van der Waals surface area contributed by atoms with E-state index in [1.165, 1.54) is 17.7 Å². The molecule has 114 valence electrons. The molecule has 1 atom stereocenters. The molecule has 1 N–H and O–H groups in total. The van der Waals surface area contributed by atoms with Gasteiger partial charge in [-0.25, -0.2) is 0 Å². The molecule has 0 fully saturated rings. The van der Waals surface area contributed by atoms with Gasteiger partial charge in [0, 0.05) is 37.6 Å². The van der Waals surface area contributed by atoms with Gasteiger partial charge in [-0.15, -0.1) is 0 Å². The molecule has 0 aromatic carbocycles. The lowest BCUT2D eigenvalue weighted by Gasteiger charge is -2.24. The summed E-state index contributed by atoms with van der Waals surface area (Å²) in [5.74, 6) is -0.245. The van der Waals surface area contributed by atoms with E-state index >= 15 is 0 Å². The second-order valence-corrected chi connectivity index (χ2v) is 4.97. The number of methoxy groups -OCH3 is 1. The topological polar surface area (TPSA) is 85.6 Å². The van der Waals surface area contributed by atoms with E-state index in [9.17, 15) is 23.9 Å². The number of carbonyl (C=O) groups is 2. The second-order valence-electron chi connectivity index (χ2n) is 4.97. The third kappa shape index (κ3) is 2.54. The maximum atomic E-state index is 12.6. The number of alkyl halides is 1. The minimum Gasteiger partial charge on any atom is -0.380 e. The first-order valence-corrected chi connectivity index (χ1v) is 6.52. The fraction of sp³-hybridized carbons (Fsp3) is 0.500. The molecule has 0 radical (unpaired) electrons. The number of aromatic nitrogens is 1. The Hall–Kier alpha value is -1.86. The van der Waals surface area contributed by atoms with Crippen LogP contribution in [-0.4, -0.2) is 35.5 Å². The summed E-state index contributed by atoms with van der Waals surface area (Å²) in [5.41, 5.74) is -2.48. The van der Waals surface area contributed by atoms with Gasteiger partial charge in [-0.2, -0.15) is 0 Å². The highest BCUT2D eigenvalue weighted by Gasteiger charge is 2.35.